The van der Waals surface area contributed by atoms with E-state index in [9.17, 15) is 0 Å². The van der Waals surface area contributed by atoms with Crippen molar-refractivity contribution in [2.45, 2.75) is 135 Å². The first-order valence-electron chi connectivity index (χ1n) is 10.7. The first kappa shape index (κ1) is 22.9. The molecule has 0 aliphatic carbocycles. The van der Waals surface area contributed by atoms with E-state index in [1.165, 1.54) is 109 Å². The third-order valence-corrected chi connectivity index (χ3v) is 5.27. The number of hydrazine groups is 1. The van der Waals surface area contributed by atoms with Gasteiger partial charge in [0, 0.05) is 5.54 Å². The summed E-state index contributed by atoms with van der Waals surface area (Å²) in [6.45, 7) is 6.83. The van der Waals surface area contributed by atoms with E-state index in [0.29, 0.717) is 0 Å². The zero-order valence-electron chi connectivity index (χ0n) is 16.6. The van der Waals surface area contributed by atoms with Gasteiger partial charge in [-0.05, 0) is 19.3 Å². The van der Waals surface area contributed by atoms with Crippen molar-refractivity contribution < 1.29 is 0 Å². The van der Waals surface area contributed by atoms with Gasteiger partial charge in [0.05, 0.1) is 0 Å². The molecule has 0 rings (SSSR count). The number of hydrogen-bond donors (Lipinski definition) is 2. The molecule has 0 aliphatic rings. The van der Waals surface area contributed by atoms with Crippen LogP contribution in [0.3, 0.4) is 0 Å². The van der Waals surface area contributed by atoms with Crippen LogP contribution in [0.15, 0.2) is 0 Å². The summed E-state index contributed by atoms with van der Waals surface area (Å²) in [5.74, 6) is 5.87. The third kappa shape index (κ3) is 12.9. The Hall–Kier alpha value is -0.0800. The van der Waals surface area contributed by atoms with E-state index < -0.39 is 0 Å². The van der Waals surface area contributed by atoms with Crippen LogP contribution in [0.1, 0.15) is 130 Å². The zero-order chi connectivity index (χ0) is 17.2. The van der Waals surface area contributed by atoms with E-state index >= 15 is 0 Å². The Morgan fingerprint density at radius 1 is 0.522 bits per heavy atom. The maximum atomic E-state index is 5.87. The molecule has 0 aromatic heterocycles. The van der Waals surface area contributed by atoms with Gasteiger partial charge in [0.1, 0.15) is 0 Å². The lowest BCUT2D eigenvalue weighted by Gasteiger charge is -2.33. The highest BCUT2D eigenvalue weighted by molar-refractivity contribution is 4.85. The number of unbranched alkanes of at least 4 members (excludes halogenated alkanes) is 11. The van der Waals surface area contributed by atoms with Gasteiger partial charge in [-0.1, -0.05) is 111 Å². The molecule has 2 nitrogen and oxygen atoms in total. The predicted octanol–water partition coefficient (Wildman–Crippen LogP) is 6.88. The minimum absolute atomic E-state index is 0.210. The Balaban J connectivity index is 3.49. The van der Waals surface area contributed by atoms with Crippen LogP contribution in [0.4, 0.5) is 0 Å². The van der Waals surface area contributed by atoms with Gasteiger partial charge in [-0.15, -0.1) is 0 Å². The molecule has 0 aromatic carbocycles. The van der Waals surface area contributed by atoms with Crippen molar-refractivity contribution in [1.29, 1.82) is 0 Å². The molecule has 0 spiro atoms. The van der Waals surface area contributed by atoms with E-state index in [4.69, 9.17) is 5.84 Å². The van der Waals surface area contributed by atoms with Gasteiger partial charge in [-0.25, -0.2) is 0 Å². The molecule has 0 atom stereocenters. The highest BCUT2D eigenvalue weighted by Gasteiger charge is 2.25. The topological polar surface area (TPSA) is 38.0 Å². The van der Waals surface area contributed by atoms with Crippen LogP contribution < -0.4 is 11.3 Å². The molecule has 140 valence electrons. The van der Waals surface area contributed by atoms with Gasteiger partial charge in [0.25, 0.3) is 0 Å². The van der Waals surface area contributed by atoms with Crippen LogP contribution in [0, 0.1) is 0 Å². The molecule has 0 radical (unpaired) electrons. The van der Waals surface area contributed by atoms with Crippen LogP contribution in [-0.2, 0) is 0 Å². The monoisotopic (exact) mass is 326 g/mol. The molecule has 3 N–H and O–H groups in total. The molecule has 0 fully saturated rings. The van der Waals surface area contributed by atoms with Crippen LogP contribution in [0.25, 0.3) is 0 Å². The standard InChI is InChI=1S/C21H46N2/c1-4-7-8-9-10-11-12-13-14-15-16-17-20-21(23-22,18-5-2)19-6-3/h23H,4-20,22H2,1-3H3. The predicted molar refractivity (Wildman–Crippen MR) is 106 cm³/mol. The van der Waals surface area contributed by atoms with Crippen molar-refractivity contribution in [3.8, 4) is 0 Å². The summed E-state index contributed by atoms with van der Waals surface area (Å²) in [5, 5.41) is 0. The second kappa shape index (κ2) is 16.8. The fraction of sp³-hybridized carbons (Fsp3) is 1.00. The molecule has 0 unspecified atom stereocenters. The van der Waals surface area contributed by atoms with Crippen molar-refractivity contribution >= 4 is 0 Å². The van der Waals surface area contributed by atoms with Crippen molar-refractivity contribution in [3.05, 3.63) is 0 Å². The van der Waals surface area contributed by atoms with E-state index in [0.717, 1.165) is 0 Å². The van der Waals surface area contributed by atoms with Crippen molar-refractivity contribution in [2.24, 2.45) is 5.84 Å². The molecule has 0 bridgehead atoms. The minimum atomic E-state index is 0.210. The first-order valence-corrected chi connectivity index (χ1v) is 10.7. The van der Waals surface area contributed by atoms with Gasteiger partial charge in [-0.2, -0.15) is 0 Å². The molecule has 0 saturated heterocycles. The Morgan fingerprint density at radius 3 is 1.26 bits per heavy atom. The highest BCUT2D eigenvalue weighted by Crippen LogP contribution is 2.26. The first-order chi connectivity index (χ1) is 11.2. The molecule has 0 aromatic rings. The van der Waals surface area contributed by atoms with E-state index in [2.05, 4.69) is 26.2 Å². The quantitative estimate of drug-likeness (QED) is 0.164. The molecule has 0 heterocycles. The minimum Gasteiger partial charge on any atom is -0.271 e. The average Bonchev–Trinajstić information content (AvgIpc) is 2.56. The average molecular weight is 327 g/mol. The lowest BCUT2D eigenvalue weighted by Crippen LogP contribution is -2.49. The Labute approximate surface area is 147 Å². The van der Waals surface area contributed by atoms with E-state index in [1.807, 2.05) is 0 Å². The number of hydrogen-bond acceptors (Lipinski definition) is 2. The highest BCUT2D eigenvalue weighted by atomic mass is 15.3. The second-order valence-electron chi connectivity index (χ2n) is 7.56. The summed E-state index contributed by atoms with van der Waals surface area (Å²) in [5.41, 5.74) is 3.37. The van der Waals surface area contributed by atoms with E-state index in [-0.39, 0.29) is 5.54 Å². The maximum Gasteiger partial charge on any atom is 0.0321 e. The van der Waals surface area contributed by atoms with Crippen molar-refractivity contribution in [1.82, 2.24) is 5.43 Å². The van der Waals surface area contributed by atoms with Gasteiger partial charge >= 0.3 is 0 Å². The van der Waals surface area contributed by atoms with Crippen LogP contribution in [0.2, 0.25) is 0 Å². The fourth-order valence-electron chi connectivity index (χ4n) is 3.85. The van der Waals surface area contributed by atoms with Crippen molar-refractivity contribution in [2.75, 3.05) is 0 Å². The summed E-state index contributed by atoms with van der Waals surface area (Å²) in [4.78, 5) is 0. The normalized spacial score (nSPS) is 12.0. The Bertz CT molecular complexity index is 222. The fourth-order valence-corrected chi connectivity index (χ4v) is 3.85. The number of nitrogens with two attached hydrogens (primary N) is 1. The molecule has 0 aliphatic heterocycles. The molecule has 0 saturated carbocycles. The number of rotatable bonds is 18. The van der Waals surface area contributed by atoms with Crippen LogP contribution in [0.5, 0.6) is 0 Å². The third-order valence-electron chi connectivity index (χ3n) is 5.27. The van der Waals surface area contributed by atoms with Crippen LogP contribution in [-0.4, -0.2) is 5.54 Å². The van der Waals surface area contributed by atoms with Gasteiger partial charge in [0.15, 0.2) is 0 Å². The summed E-state index contributed by atoms with van der Waals surface area (Å²) < 4.78 is 0. The molecular weight excluding hydrogens is 280 g/mol. The largest absolute Gasteiger partial charge is 0.271 e. The van der Waals surface area contributed by atoms with Gasteiger partial charge < -0.3 is 0 Å². The zero-order valence-corrected chi connectivity index (χ0v) is 16.6. The van der Waals surface area contributed by atoms with Gasteiger partial charge in [0.2, 0.25) is 0 Å². The molecule has 2 heteroatoms. The van der Waals surface area contributed by atoms with Crippen molar-refractivity contribution in [3.63, 3.8) is 0 Å². The van der Waals surface area contributed by atoms with E-state index in [1.54, 1.807) is 0 Å². The summed E-state index contributed by atoms with van der Waals surface area (Å²) >= 11 is 0. The van der Waals surface area contributed by atoms with Gasteiger partial charge in [-0.3, -0.25) is 11.3 Å². The molecule has 23 heavy (non-hydrogen) atoms. The Morgan fingerprint density at radius 2 is 0.913 bits per heavy atom. The summed E-state index contributed by atoms with van der Waals surface area (Å²) in [6.07, 6.45) is 23.2. The summed E-state index contributed by atoms with van der Waals surface area (Å²) in [6, 6.07) is 0. The second-order valence-corrected chi connectivity index (χ2v) is 7.56. The SMILES string of the molecule is CCCCCCCCCCCCCCC(CCC)(CCC)NN. The summed E-state index contributed by atoms with van der Waals surface area (Å²) in [7, 11) is 0. The molecular formula is C21H46N2. The maximum absolute atomic E-state index is 5.87. The lowest BCUT2D eigenvalue weighted by molar-refractivity contribution is 0.250. The molecule has 0 amide bonds. The lowest BCUT2D eigenvalue weighted by atomic mass is 9.84. The number of nitrogens with one attached hydrogen (secondary N) is 1. The van der Waals surface area contributed by atoms with Crippen LogP contribution >= 0.6 is 0 Å². The Kier molecular flexibility index (Phi) is 16.7. The smallest absolute Gasteiger partial charge is 0.0321 e.